The van der Waals surface area contributed by atoms with Gasteiger partial charge in [0, 0.05) is 25.0 Å². The number of amides is 1. The Morgan fingerprint density at radius 2 is 2.18 bits per heavy atom. The molecule has 1 fully saturated rings. The first-order chi connectivity index (χ1) is 10.5. The van der Waals surface area contributed by atoms with Crippen molar-refractivity contribution in [3.63, 3.8) is 0 Å². The van der Waals surface area contributed by atoms with Gasteiger partial charge in [0.05, 0.1) is 6.54 Å². The number of furan rings is 1. The first-order valence-corrected chi connectivity index (χ1v) is 8.25. The predicted molar refractivity (Wildman–Crippen MR) is 85.1 cm³/mol. The fourth-order valence-corrected chi connectivity index (χ4v) is 3.11. The Hall–Kier alpha value is -1.33. The van der Waals surface area contributed by atoms with E-state index in [1.807, 2.05) is 24.8 Å². The SMILES string of the molecule is CC[C@H]1CN(C(=O)C(C)C)CC[C@H]1NCc1ccc(CO)o1. The van der Waals surface area contributed by atoms with Gasteiger partial charge in [-0.2, -0.15) is 0 Å². The van der Waals surface area contributed by atoms with Crippen molar-refractivity contribution in [3.05, 3.63) is 23.7 Å². The Morgan fingerprint density at radius 1 is 1.45 bits per heavy atom. The number of carbonyl (C=O) groups excluding carboxylic acids is 1. The van der Waals surface area contributed by atoms with E-state index < -0.39 is 0 Å². The Morgan fingerprint density at radius 3 is 2.77 bits per heavy atom. The van der Waals surface area contributed by atoms with Crippen LogP contribution in [0.2, 0.25) is 0 Å². The summed E-state index contributed by atoms with van der Waals surface area (Å²) in [6, 6.07) is 4.11. The van der Waals surface area contributed by atoms with Gasteiger partial charge in [0.15, 0.2) is 0 Å². The van der Waals surface area contributed by atoms with Crippen LogP contribution in [0.4, 0.5) is 0 Å². The summed E-state index contributed by atoms with van der Waals surface area (Å²) in [6.45, 7) is 8.37. The van der Waals surface area contributed by atoms with Gasteiger partial charge in [-0.1, -0.05) is 27.2 Å². The van der Waals surface area contributed by atoms with Gasteiger partial charge >= 0.3 is 0 Å². The van der Waals surface area contributed by atoms with E-state index in [0.29, 0.717) is 24.3 Å². The van der Waals surface area contributed by atoms with Gasteiger partial charge in [0.1, 0.15) is 18.1 Å². The van der Waals surface area contributed by atoms with Crippen molar-refractivity contribution in [3.8, 4) is 0 Å². The summed E-state index contributed by atoms with van der Waals surface area (Å²) >= 11 is 0. The lowest BCUT2D eigenvalue weighted by Gasteiger charge is -2.39. The van der Waals surface area contributed by atoms with Crippen LogP contribution >= 0.6 is 0 Å². The Balaban J connectivity index is 1.88. The lowest BCUT2D eigenvalue weighted by Crippen LogP contribution is -2.51. The summed E-state index contributed by atoms with van der Waals surface area (Å²) < 4.78 is 5.51. The molecular formula is C17H28N2O3. The van der Waals surface area contributed by atoms with Crippen LogP contribution in [0, 0.1) is 11.8 Å². The highest BCUT2D eigenvalue weighted by Crippen LogP contribution is 2.22. The fourth-order valence-electron chi connectivity index (χ4n) is 3.11. The number of nitrogens with zero attached hydrogens (tertiary/aromatic N) is 1. The van der Waals surface area contributed by atoms with Crippen molar-refractivity contribution in [2.75, 3.05) is 13.1 Å². The first kappa shape index (κ1) is 17.0. The number of hydrogen-bond acceptors (Lipinski definition) is 4. The van der Waals surface area contributed by atoms with E-state index >= 15 is 0 Å². The maximum atomic E-state index is 12.1. The maximum absolute atomic E-state index is 12.1. The third kappa shape index (κ3) is 4.11. The quantitative estimate of drug-likeness (QED) is 0.845. The predicted octanol–water partition coefficient (Wildman–Crippen LogP) is 2.14. The summed E-state index contributed by atoms with van der Waals surface area (Å²) in [7, 11) is 0. The molecule has 2 atom stereocenters. The van der Waals surface area contributed by atoms with Gasteiger partial charge in [-0.25, -0.2) is 0 Å². The average molecular weight is 308 g/mol. The Labute approximate surface area is 132 Å². The number of rotatable bonds is 6. The van der Waals surface area contributed by atoms with Crippen molar-refractivity contribution in [2.24, 2.45) is 11.8 Å². The van der Waals surface area contributed by atoms with E-state index in [9.17, 15) is 4.79 Å². The molecule has 1 amide bonds. The molecule has 1 aliphatic heterocycles. The van der Waals surface area contributed by atoms with Gasteiger partial charge in [-0.05, 0) is 24.5 Å². The standard InChI is InChI=1S/C17H28N2O3/c1-4-13-10-19(17(21)12(2)3)8-7-16(13)18-9-14-5-6-15(11-20)22-14/h5-6,12-13,16,18,20H,4,7-11H2,1-3H3/t13-,16+/m0/s1. The molecule has 1 aliphatic rings. The van der Waals surface area contributed by atoms with Crippen LogP contribution < -0.4 is 5.32 Å². The maximum Gasteiger partial charge on any atom is 0.225 e. The molecule has 2 N–H and O–H groups in total. The van der Waals surface area contributed by atoms with Crippen molar-refractivity contribution >= 4 is 5.91 Å². The third-order valence-electron chi connectivity index (χ3n) is 4.48. The van der Waals surface area contributed by atoms with Crippen LogP contribution in [0.3, 0.4) is 0 Å². The van der Waals surface area contributed by atoms with Gasteiger partial charge in [-0.3, -0.25) is 4.79 Å². The van der Waals surface area contributed by atoms with E-state index in [2.05, 4.69) is 12.2 Å². The molecule has 124 valence electrons. The minimum absolute atomic E-state index is 0.0622. The largest absolute Gasteiger partial charge is 0.462 e. The molecule has 5 nitrogen and oxygen atoms in total. The summed E-state index contributed by atoms with van der Waals surface area (Å²) in [5.74, 6) is 2.25. The topological polar surface area (TPSA) is 65.7 Å². The highest BCUT2D eigenvalue weighted by atomic mass is 16.4. The van der Waals surface area contributed by atoms with Crippen LogP contribution in [-0.2, 0) is 17.9 Å². The summed E-state index contributed by atoms with van der Waals surface area (Å²) in [5, 5.41) is 12.6. The number of nitrogens with one attached hydrogen (secondary N) is 1. The van der Waals surface area contributed by atoms with E-state index in [1.165, 1.54) is 0 Å². The van der Waals surface area contributed by atoms with Gasteiger partial charge in [-0.15, -0.1) is 0 Å². The second-order valence-electron chi connectivity index (χ2n) is 6.41. The number of carbonyl (C=O) groups is 1. The molecule has 2 rings (SSSR count). The fraction of sp³-hybridized carbons (Fsp3) is 0.706. The van der Waals surface area contributed by atoms with E-state index in [0.717, 1.165) is 31.7 Å². The lowest BCUT2D eigenvalue weighted by molar-refractivity contribution is -0.136. The van der Waals surface area contributed by atoms with Crippen LogP contribution in [0.25, 0.3) is 0 Å². The van der Waals surface area contributed by atoms with Gasteiger partial charge in [0.2, 0.25) is 5.91 Å². The first-order valence-electron chi connectivity index (χ1n) is 8.25. The number of aliphatic hydroxyl groups is 1. The molecule has 22 heavy (non-hydrogen) atoms. The number of aliphatic hydroxyl groups excluding tert-OH is 1. The van der Waals surface area contributed by atoms with Crippen molar-refractivity contribution in [2.45, 2.75) is 52.8 Å². The molecule has 0 unspecified atom stereocenters. The van der Waals surface area contributed by atoms with E-state index in [1.54, 1.807) is 6.07 Å². The van der Waals surface area contributed by atoms with Crippen molar-refractivity contribution in [1.82, 2.24) is 10.2 Å². The van der Waals surface area contributed by atoms with Crippen LogP contribution in [0.15, 0.2) is 16.5 Å². The van der Waals surface area contributed by atoms with Gasteiger partial charge in [0.25, 0.3) is 0 Å². The minimum Gasteiger partial charge on any atom is -0.462 e. The second-order valence-corrected chi connectivity index (χ2v) is 6.41. The Bertz CT molecular complexity index is 484. The zero-order valence-corrected chi connectivity index (χ0v) is 13.8. The van der Waals surface area contributed by atoms with Crippen LogP contribution in [0.1, 0.15) is 45.1 Å². The second kappa shape index (κ2) is 7.79. The summed E-state index contributed by atoms with van der Waals surface area (Å²) in [4.78, 5) is 14.2. The monoisotopic (exact) mass is 308 g/mol. The zero-order chi connectivity index (χ0) is 16.1. The molecule has 1 aromatic rings. The highest BCUT2D eigenvalue weighted by molar-refractivity contribution is 5.78. The van der Waals surface area contributed by atoms with Gasteiger partial charge < -0.3 is 19.7 Å². The molecule has 1 aromatic heterocycles. The molecule has 0 aromatic carbocycles. The number of piperidine rings is 1. The molecule has 0 spiro atoms. The number of hydrogen-bond donors (Lipinski definition) is 2. The lowest BCUT2D eigenvalue weighted by atomic mass is 9.89. The van der Waals surface area contributed by atoms with Crippen LogP contribution in [0.5, 0.6) is 0 Å². The normalized spacial score (nSPS) is 22.3. The third-order valence-corrected chi connectivity index (χ3v) is 4.48. The van der Waals surface area contributed by atoms with E-state index in [4.69, 9.17) is 9.52 Å². The summed E-state index contributed by atoms with van der Waals surface area (Å²) in [6.07, 6.45) is 2.03. The molecule has 5 heteroatoms. The Kier molecular flexibility index (Phi) is 6.03. The smallest absolute Gasteiger partial charge is 0.225 e. The average Bonchev–Trinajstić information content (AvgIpc) is 3.00. The minimum atomic E-state index is -0.0622. The molecule has 0 bridgehead atoms. The zero-order valence-electron chi connectivity index (χ0n) is 13.8. The van der Waals surface area contributed by atoms with Crippen LogP contribution in [-0.4, -0.2) is 35.0 Å². The molecule has 2 heterocycles. The van der Waals surface area contributed by atoms with E-state index in [-0.39, 0.29) is 18.4 Å². The highest BCUT2D eigenvalue weighted by Gasteiger charge is 2.30. The number of likely N-dealkylation sites (tertiary alicyclic amines) is 1. The molecule has 0 aliphatic carbocycles. The molecule has 0 radical (unpaired) electrons. The van der Waals surface area contributed by atoms with Crippen molar-refractivity contribution in [1.29, 1.82) is 0 Å². The molecule has 0 saturated carbocycles. The molecule has 1 saturated heterocycles. The summed E-state index contributed by atoms with van der Waals surface area (Å²) in [5.41, 5.74) is 0. The molecular weight excluding hydrogens is 280 g/mol. The van der Waals surface area contributed by atoms with Crippen molar-refractivity contribution < 1.29 is 14.3 Å².